The third-order valence-corrected chi connectivity index (χ3v) is 2.97. The molecule has 0 amide bonds. The van der Waals surface area contributed by atoms with E-state index in [4.69, 9.17) is 0 Å². The Kier molecular flexibility index (Phi) is 3.27. The van der Waals surface area contributed by atoms with Crippen LogP contribution in [0.15, 0.2) is 16.6 Å². The molecule has 0 spiro atoms. The second-order valence-corrected chi connectivity index (χ2v) is 3.54. The lowest BCUT2D eigenvalue weighted by Gasteiger charge is -2.06. The fraction of sp³-hybridized carbons (Fsp3) is 0.400. The minimum absolute atomic E-state index is 0.132. The van der Waals surface area contributed by atoms with Crippen LogP contribution in [0.1, 0.15) is 25.0 Å². The zero-order chi connectivity index (χ0) is 9.14. The average Bonchev–Trinajstić information content (AvgIpc) is 2.08. The molecule has 0 aliphatic heterocycles. The van der Waals surface area contributed by atoms with E-state index in [1.807, 2.05) is 13.8 Å². The van der Waals surface area contributed by atoms with Gasteiger partial charge < -0.3 is 0 Å². The molecule has 0 saturated carbocycles. The van der Waals surface area contributed by atoms with E-state index >= 15 is 0 Å². The summed E-state index contributed by atoms with van der Waals surface area (Å²) in [6.45, 7) is 4.05. The highest BCUT2D eigenvalue weighted by Crippen LogP contribution is 2.24. The van der Waals surface area contributed by atoms with Gasteiger partial charge in [-0.25, -0.2) is 4.39 Å². The highest BCUT2D eigenvalue weighted by atomic mass is 79.9. The second kappa shape index (κ2) is 4.04. The van der Waals surface area contributed by atoms with E-state index in [0.717, 1.165) is 28.4 Å². The maximum Gasteiger partial charge on any atom is 0.123 e. The third-order valence-electron chi connectivity index (χ3n) is 1.95. The molecule has 0 atom stereocenters. The van der Waals surface area contributed by atoms with Crippen molar-refractivity contribution in [3.8, 4) is 0 Å². The van der Waals surface area contributed by atoms with Crippen molar-refractivity contribution in [3.63, 3.8) is 0 Å². The number of rotatable bonds is 2. The summed E-state index contributed by atoms with van der Waals surface area (Å²) in [7, 11) is 0. The fourth-order valence-corrected chi connectivity index (χ4v) is 2.01. The molecule has 66 valence electrons. The molecule has 0 nitrogen and oxygen atoms in total. The summed E-state index contributed by atoms with van der Waals surface area (Å²) >= 11 is 3.47. The minimum Gasteiger partial charge on any atom is -0.207 e. The summed E-state index contributed by atoms with van der Waals surface area (Å²) in [5, 5.41) is 0. The molecule has 0 aromatic heterocycles. The van der Waals surface area contributed by atoms with Crippen molar-refractivity contribution >= 4 is 15.9 Å². The number of aryl methyl sites for hydroxylation is 2. The molecular formula is C10H12BrF. The van der Waals surface area contributed by atoms with Crippen LogP contribution in [0.5, 0.6) is 0 Å². The first-order valence-electron chi connectivity index (χ1n) is 4.15. The van der Waals surface area contributed by atoms with Crippen LogP contribution in [0.4, 0.5) is 4.39 Å². The summed E-state index contributed by atoms with van der Waals surface area (Å²) in [4.78, 5) is 0. The molecule has 1 rings (SSSR count). The normalized spacial score (nSPS) is 10.3. The van der Waals surface area contributed by atoms with Crippen molar-refractivity contribution in [3.05, 3.63) is 33.5 Å². The lowest BCUT2D eigenvalue weighted by molar-refractivity contribution is 0.623. The molecule has 0 fully saturated rings. The summed E-state index contributed by atoms with van der Waals surface area (Å²) in [6.07, 6.45) is 1.73. The Balaban J connectivity index is 3.22. The Morgan fingerprint density at radius 2 is 1.58 bits per heavy atom. The fourth-order valence-electron chi connectivity index (χ4n) is 1.22. The molecule has 0 N–H and O–H groups in total. The van der Waals surface area contributed by atoms with E-state index in [1.54, 1.807) is 12.1 Å². The van der Waals surface area contributed by atoms with Gasteiger partial charge in [0.05, 0.1) is 0 Å². The molecule has 2 heteroatoms. The number of benzene rings is 1. The first kappa shape index (κ1) is 9.72. The van der Waals surface area contributed by atoms with E-state index in [0.29, 0.717) is 0 Å². The predicted octanol–water partition coefficient (Wildman–Crippen LogP) is 3.71. The van der Waals surface area contributed by atoms with Gasteiger partial charge in [0, 0.05) is 4.47 Å². The van der Waals surface area contributed by atoms with Crippen LogP contribution in [0, 0.1) is 5.82 Å². The Labute approximate surface area is 80.9 Å². The maximum absolute atomic E-state index is 13.0. The van der Waals surface area contributed by atoms with Crippen molar-refractivity contribution in [2.24, 2.45) is 0 Å². The molecule has 0 heterocycles. The van der Waals surface area contributed by atoms with Gasteiger partial charge >= 0.3 is 0 Å². The lowest BCUT2D eigenvalue weighted by atomic mass is 10.1. The van der Waals surface area contributed by atoms with Gasteiger partial charge in [0.2, 0.25) is 0 Å². The monoisotopic (exact) mass is 230 g/mol. The third kappa shape index (κ3) is 1.86. The molecule has 1 aromatic rings. The first-order valence-corrected chi connectivity index (χ1v) is 4.95. The SMILES string of the molecule is CCc1cc(F)cc(CC)c1Br. The summed E-state index contributed by atoms with van der Waals surface area (Å²) in [5.41, 5.74) is 2.10. The predicted molar refractivity (Wildman–Crippen MR) is 52.9 cm³/mol. The molecule has 0 saturated heterocycles. The lowest BCUT2D eigenvalue weighted by Crippen LogP contribution is -1.91. The molecule has 1 aromatic carbocycles. The van der Waals surface area contributed by atoms with Crippen LogP contribution in [0.3, 0.4) is 0 Å². The Morgan fingerprint density at radius 3 is 1.92 bits per heavy atom. The van der Waals surface area contributed by atoms with Gasteiger partial charge in [0.15, 0.2) is 0 Å². The van der Waals surface area contributed by atoms with Crippen LogP contribution in [0.2, 0.25) is 0 Å². The molecule has 0 unspecified atom stereocenters. The molecule has 0 radical (unpaired) electrons. The van der Waals surface area contributed by atoms with Gasteiger partial charge in [-0.3, -0.25) is 0 Å². The molecule has 0 bridgehead atoms. The topological polar surface area (TPSA) is 0 Å². The maximum atomic E-state index is 13.0. The summed E-state index contributed by atoms with van der Waals surface area (Å²) in [5.74, 6) is -0.132. The standard InChI is InChI=1S/C10H12BrF/c1-3-7-5-9(12)6-8(4-2)10(7)11/h5-6H,3-4H2,1-2H3. The van der Waals surface area contributed by atoms with Crippen molar-refractivity contribution in [1.82, 2.24) is 0 Å². The van der Waals surface area contributed by atoms with Gasteiger partial charge in [-0.2, -0.15) is 0 Å². The van der Waals surface area contributed by atoms with Gasteiger partial charge in [-0.05, 0) is 36.1 Å². The van der Waals surface area contributed by atoms with Gasteiger partial charge in [0.1, 0.15) is 5.82 Å². The van der Waals surface area contributed by atoms with Gasteiger partial charge in [-0.15, -0.1) is 0 Å². The molecule has 0 aliphatic carbocycles. The zero-order valence-corrected chi connectivity index (χ0v) is 8.91. The second-order valence-electron chi connectivity index (χ2n) is 2.75. The zero-order valence-electron chi connectivity index (χ0n) is 7.32. The van der Waals surface area contributed by atoms with Gasteiger partial charge in [0.25, 0.3) is 0 Å². The van der Waals surface area contributed by atoms with E-state index in [2.05, 4.69) is 15.9 Å². The van der Waals surface area contributed by atoms with E-state index in [1.165, 1.54) is 0 Å². The van der Waals surface area contributed by atoms with Crippen LogP contribution in [0.25, 0.3) is 0 Å². The van der Waals surface area contributed by atoms with Crippen LogP contribution in [-0.4, -0.2) is 0 Å². The van der Waals surface area contributed by atoms with Crippen molar-refractivity contribution in [1.29, 1.82) is 0 Å². The number of hydrogen-bond donors (Lipinski definition) is 0. The summed E-state index contributed by atoms with van der Waals surface area (Å²) < 4.78 is 14.0. The Hall–Kier alpha value is -0.370. The van der Waals surface area contributed by atoms with Crippen molar-refractivity contribution in [2.75, 3.05) is 0 Å². The smallest absolute Gasteiger partial charge is 0.123 e. The number of halogens is 2. The first-order chi connectivity index (χ1) is 5.69. The van der Waals surface area contributed by atoms with Crippen molar-refractivity contribution in [2.45, 2.75) is 26.7 Å². The highest BCUT2D eigenvalue weighted by molar-refractivity contribution is 9.10. The minimum atomic E-state index is -0.132. The molecular weight excluding hydrogens is 219 g/mol. The van der Waals surface area contributed by atoms with Gasteiger partial charge in [-0.1, -0.05) is 29.8 Å². The Morgan fingerprint density at radius 1 is 1.17 bits per heavy atom. The largest absolute Gasteiger partial charge is 0.207 e. The van der Waals surface area contributed by atoms with E-state index in [9.17, 15) is 4.39 Å². The van der Waals surface area contributed by atoms with E-state index < -0.39 is 0 Å². The number of hydrogen-bond acceptors (Lipinski definition) is 0. The molecule has 12 heavy (non-hydrogen) atoms. The van der Waals surface area contributed by atoms with Crippen LogP contribution in [-0.2, 0) is 12.8 Å². The van der Waals surface area contributed by atoms with Crippen LogP contribution >= 0.6 is 15.9 Å². The van der Waals surface area contributed by atoms with Crippen LogP contribution < -0.4 is 0 Å². The molecule has 0 aliphatic rings. The average molecular weight is 231 g/mol. The summed E-state index contributed by atoms with van der Waals surface area (Å²) in [6, 6.07) is 3.17. The van der Waals surface area contributed by atoms with E-state index in [-0.39, 0.29) is 5.82 Å². The van der Waals surface area contributed by atoms with Crippen molar-refractivity contribution < 1.29 is 4.39 Å². The quantitative estimate of drug-likeness (QED) is 0.727. The highest BCUT2D eigenvalue weighted by Gasteiger charge is 2.05. The Bertz CT molecular complexity index is 256.